The predicted octanol–water partition coefficient (Wildman–Crippen LogP) is 5.81. The van der Waals surface area contributed by atoms with Crippen molar-refractivity contribution in [3.8, 4) is 5.75 Å². The average Bonchev–Trinajstić information content (AvgIpc) is 2.72. The van der Waals surface area contributed by atoms with Gasteiger partial charge in [0.1, 0.15) is 0 Å². The van der Waals surface area contributed by atoms with Crippen molar-refractivity contribution in [1.82, 2.24) is 0 Å². The zero-order valence-corrected chi connectivity index (χ0v) is 17.7. The van der Waals surface area contributed by atoms with Crippen LogP contribution in [0.5, 0.6) is 5.75 Å². The van der Waals surface area contributed by atoms with Gasteiger partial charge in [-0.3, -0.25) is 0 Å². The van der Waals surface area contributed by atoms with E-state index in [-0.39, 0.29) is 23.7 Å². The molecule has 2 aromatic rings. The standard InChI is InChI=1S/C25H29FO4/c1-5-22-20(17-11-9-16(4)10-12-17)13-19(15(2)3)24(30-22)18-7-6-8-21(26)25(18)29-14-23(27)28/h6-12,19-20,22,24H,2,5,13-14H2,1,3-4H3,(H,27,28)/t19-,20-,22+,24-/m1/s1. The SMILES string of the molecule is C=C(C)[C@H]1C[C@H](c2ccc(C)cc2)[C@H](CC)O[C@@H]1c1cccc(F)c1OCC(=O)O. The number of hydrogen-bond acceptors (Lipinski definition) is 3. The van der Waals surface area contributed by atoms with Gasteiger partial charge in [0.15, 0.2) is 18.2 Å². The molecule has 0 amide bonds. The largest absolute Gasteiger partial charge is 0.479 e. The first kappa shape index (κ1) is 22.0. The molecule has 160 valence electrons. The van der Waals surface area contributed by atoms with E-state index in [0.717, 1.165) is 18.4 Å². The van der Waals surface area contributed by atoms with Crippen LogP contribution in [0.15, 0.2) is 54.6 Å². The summed E-state index contributed by atoms with van der Waals surface area (Å²) in [4.78, 5) is 11.0. The van der Waals surface area contributed by atoms with Crippen LogP contribution < -0.4 is 4.74 Å². The van der Waals surface area contributed by atoms with Crippen molar-refractivity contribution in [3.05, 3.63) is 77.1 Å². The molecule has 1 fully saturated rings. The number of hydrogen-bond donors (Lipinski definition) is 1. The van der Waals surface area contributed by atoms with Crippen LogP contribution in [0.25, 0.3) is 0 Å². The molecule has 1 aliphatic rings. The summed E-state index contributed by atoms with van der Waals surface area (Å²) in [5.41, 5.74) is 3.90. The molecule has 30 heavy (non-hydrogen) atoms. The van der Waals surface area contributed by atoms with Gasteiger partial charge in [-0.1, -0.05) is 61.0 Å². The van der Waals surface area contributed by atoms with E-state index in [4.69, 9.17) is 14.6 Å². The molecule has 1 N–H and O–H groups in total. The minimum atomic E-state index is -1.16. The zero-order chi connectivity index (χ0) is 21.8. The molecule has 4 atom stereocenters. The van der Waals surface area contributed by atoms with Gasteiger partial charge in [0.2, 0.25) is 0 Å². The minimum Gasteiger partial charge on any atom is -0.479 e. The number of aliphatic carboxylic acids is 1. The quantitative estimate of drug-likeness (QED) is 0.583. The van der Waals surface area contributed by atoms with E-state index < -0.39 is 24.5 Å². The van der Waals surface area contributed by atoms with Crippen molar-refractivity contribution >= 4 is 5.97 Å². The van der Waals surface area contributed by atoms with Gasteiger partial charge in [-0.15, -0.1) is 0 Å². The lowest BCUT2D eigenvalue weighted by atomic mass is 9.75. The summed E-state index contributed by atoms with van der Waals surface area (Å²) >= 11 is 0. The second kappa shape index (κ2) is 9.43. The Balaban J connectivity index is 1.98. The van der Waals surface area contributed by atoms with Gasteiger partial charge in [0, 0.05) is 17.4 Å². The summed E-state index contributed by atoms with van der Waals surface area (Å²) in [5.74, 6) is -1.65. The molecule has 0 aliphatic carbocycles. The number of carboxylic acids is 1. The van der Waals surface area contributed by atoms with Gasteiger partial charge in [-0.25, -0.2) is 9.18 Å². The Hall–Kier alpha value is -2.66. The number of halogens is 1. The summed E-state index contributed by atoms with van der Waals surface area (Å²) in [6.45, 7) is 9.65. The fourth-order valence-electron chi connectivity index (χ4n) is 4.26. The van der Waals surface area contributed by atoms with E-state index in [9.17, 15) is 9.18 Å². The first-order valence-corrected chi connectivity index (χ1v) is 10.3. The smallest absolute Gasteiger partial charge is 0.341 e. The number of ether oxygens (including phenoxy) is 2. The highest BCUT2D eigenvalue weighted by molar-refractivity contribution is 5.68. The number of benzene rings is 2. The second-order valence-electron chi connectivity index (χ2n) is 8.05. The summed E-state index contributed by atoms with van der Waals surface area (Å²) in [6.07, 6.45) is 1.12. The third-order valence-electron chi connectivity index (χ3n) is 5.83. The summed E-state index contributed by atoms with van der Waals surface area (Å²) < 4.78 is 26.4. The van der Waals surface area contributed by atoms with Gasteiger partial charge in [0.05, 0.1) is 12.2 Å². The molecule has 0 spiro atoms. The summed E-state index contributed by atoms with van der Waals surface area (Å²) in [5, 5.41) is 8.97. The van der Waals surface area contributed by atoms with Gasteiger partial charge in [-0.2, -0.15) is 0 Å². The van der Waals surface area contributed by atoms with E-state index in [1.165, 1.54) is 17.2 Å². The minimum absolute atomic E-state index is 0.0481. The summed E-state index contributed by atoms with van der Waals surface area (Å²) in [6, 6.07) is 13.1. The first-order valence-electron chi connectivity index (χ1n) is 10.3. The number of aryl methyl sites for hydroxylation is 1. The highest BCUT2D eigenvalue weighted by Crippen LogP contribution is 2.49. The Bertz CT molecular complexity index is 906. The lowest BCUT2D eigenvalue weighted by Gasteiger charge is -2.43. The van der Waals surface area contributed by atoms with Crippen LogP contribution in [-0.4, -0.2) is 23.8 Å². The highest BCUT2D eigenvalue weighted by atomic mass is 19.1. The molecule has 0 bridgehead atoms. The van der Waals surface area contributed by atoms with Crippen LogP contribution in [0.1, 0.15) is 55.4 Å². The number of para-hydroxylation sites is 1. The Morgan fingerprint density at radius 2 is 1.97 bits per heavy atom. The van der Waals surface area contributed by atoms with Crippen LogP contribution in [0.2, 0.25) is 0 Å². The molecule has 0 saturated carbocycles. The molecular formula is C25H29FO4. The van der Waals surface area contributed by atoms with Crippen molar-refractivity contribution in [2.45, 2.75) is 51.7 Å². The van der Waals surface area contributed by atoms with Gasteiger partial charge >= 0.3 is 5.97 Å². The molecular weight excluding hydrogens is 383 g/mol. The first-order chi connectivity index (χ1) is 14.3. The maximum absolute atomic E-state index is 14.5. The fourth-order valence-corrected chi connectivity index (χ4v) is 4.26. The Morgan fingerprint density at radius 3 is 2.57 bits per heavy atom. The van der Waals surface area contributed by atoms with E-state index in [2.05, 4.69) is 44.7 Å². The lowest BCUT2D eigenvalue weighted by Crippen LogP contribution is -2.36. The lowest BCUT2D eigenvalue weighted by molar-refractivity contribution is -0.139. The second-order valence-corrected chi connectivity index (χ2v) is 8.05. The van der Waals surface area contributed by atoms with Crippen LogP contribution in [-0.2, 0) is 9.53 Å². The van der Waals surface area contributed by atoms with Crippen LogP contribution in [0.4, 0.5) is 4.39 Å². The van der Waals surface area contributed by atoms with Crippen LogP contribution in [0.3, 0.4) is 0 Å². The summed E-state index contributed by atoms with van der Waals surface area (Å²) in [7, 11) is 0. The van der Waals surface area contributed by atoms with E-state index in [1.807, 2.05) is 6.92 Å². The molecule has 2 aromatic carbocycles. The number of carboxylic acid groups (broad SMARTS) is 1. The van der Waals surface area contributed by atoms with Crippen LogP contribution >= 0.6 is 0 Å². The van der Waals surface area contributed by atoms with Crippen LogP contribution in [0, 0.1) is 18.7 Å². The normalized spacial score (nSPS) is 23.7. The molecule has 1 aliphatic heterocycles. The number of rotatable bonds is 7. The zero-order valence-electron chi connectivity index (χ0n) is 17.7. The topological polar surface area (TPSA) is 55.8 Å². The van der Waals surface area contributed by atoms with Crippen molar-refractivity contribution in [2.75, 3.05) is 6.61 Å². The molecule has 1 heterocycles. The molecule has 5 heteroatoms. The Labute approximate surface area is 177 Å². The molecule has 0 unspecified atom stereocenters. The van der Waals surface area contributed by atoms with Crippen molar-refractivity contribution in [3.63, 3.8) is 0 Å². The highest BCUT2D eigenvalue weighted by Gasteiger charge is 2.40. The Morgan fingerprint density at radius 1 is 1.27 bits per heavy atom. The third-order valence-corrected chi connectivity index (χ3v) is 5.83. The monoisotopic (exact) mass is 412 g/mol. The van der Waals surface area contributed by atoms with Gasteiger partial charge in [0.25, 0.3) is 0 Å². The molecule has 4 nitrogen and oxygen atoms in total. The van der Waals surface area contributed by atoms with E-state index >= 15 is 0 Å². The van der Waals surface area contributed by atoms with Crippen molar-refractivity contribution in [2.24, 2.45) is 5.92 Å². The maximum atomic E-state index is 14.5. The predicted molar refractivity (Wildman–Crippen MR) is 114 cm³/mol. The molecule has 0 radical (unpaired) electrons. The third kappa shape index (κ3) is 4.73. The molecule has 1 saturated heterocycles. The molecule has 0 aromatic heterocycles. The number of carbonyl (C=O) groups is 1. The molecule has 3 rings (SSSR count). The fraction of sp³-hybridized carbons (Fsp3) is 0.400. The average molecular weight is 413 g/mol. The van der Waals surface area contributed by atoms with Gasteiger partial charge < -0.3 is 14.6 Å². The van der Waals surface area contributed by atoms with Gasteiger partial charge in [-0.05, 0) is 38.3 Å². The van der Waals surface area contributed by atoms with E-state index in [0.29, 0.717) is 5.56 Å². The van der Waals surface area contributed by atoms with Crippen molar-refractivity contribution < 1.29 is 23.8 Å². The van der Waals surface area contributed by atoms with Crippen molar-refractivity contribution in [1.29, 1.82) is 0 Å². The van der Waals surface area contributed by atoms with E-state index in [1.54, 1.807) is 12.1 Å². The maximum Gasteiger partial charge on any atom is 0.341 e. The Kier molecular flexibility index (Phi) is 6.93.